The largest absolute Gasteiger partial charge is 0.398 e. The van der Waals surface area contributed by atoms with Crippen LogP contribution in [0.1, 0.15) is 0 Å². The summed E-state index contributed by atoms with van der Waals surface area (Å²) >= 11 is 0.975. The van der Waals surface area contributed by atoms with Crippen LogP contribution in [0.5, 0.6) is 0 Å². The number of hydrogen-bond donors (Lipinski definition) is 2. The van der Waals surface area contributed by atoms with Crippen molar-refractivity contribution in [2.45, 2.75) is 4.90 Å². The van der Waals surface area contributed by atoms with Gasteiger partial charge in [-0.2, -0.15) is 5.90 Å². The van der Waals surface area contributed by atoms with Gasteiger partial charge in [-0.05, 0) is 12.1 Å². The van der Waals surface area contributed by atoms with Gasteiger partial charge in [-0.25, -0.2) is 0 Å². The Bertz CT molecular complexity index is 232. The van der Waals surface area contributed by atoms with Gasteiger partial charge in [0, 0.05) is 5.69 Å². The lowest BCUT2D eigenvalue weighted by Crippen LogP contribution is -1.95. The van der Waals surface area contributed by atoms with Crippen molar-refractivity contribution in [3.8, 4) is 0 Å². The lowest BCUT2D eigenvalue weighted by atomic mass is 10.3. The first-order valence-corrected chi connectivity index (χ1v) is 3.63. The molecule has 5 heteroatoms. The van der Waals surface area contributed by atoms with Crippen LogP contribution >= 0.6 is 12.0 Å². The number of benzene rings is 1. The molecular weight excluding hydrogens is 164 g/mol. The van der Waals surface area contributed by atoms with E-state index < -0.39 is 0 Å². The lowest BCUT2D eigenvalue weighted by molar-refractivity contribution is -0.195. The molecule has 0 aromatic heterocycles. The summed E-state index contributed by atoms with van der Waals surface area (Å²) in [6.07, 6.45) is 0. The molecule has 1 rings (SSSR count). The minimum atomic E-state index is 0.634. The first kappa shape index (κ1) is 8.35. The molecule has 4 nitrogen and oxygen atoms in total. The normalized spacial score (nSPS) is 9.91. The standard InChI is InChI=1S/C6H8N2O2S/c7-5-3-1-2-4-6(5)11-10-9-8/h1-4H,7-8H2. The van der Waals surface area contributed by atoms with Crippen molar-refractivity contribution in [3.05, 3.63) is 24.3 Å². The molecule has 0 spiro atoms. The zero-order valence-corrected chi connectivity index (χ0v) is 6.51. The highest BCUT2D eigenvalue weighted by Crippen LogP contribution is 2.24. The van der Waals surface area contributed by atoms with E-state index in [-0.39, 0.29) is 0 Å². The molecule has 0 fully saturated rings. The Balaban J connectivity index is 2.62. The minimum Gasteiger partial charge on any atom is -0.398 e. The van der Waals surface area contributed by atoms with E-state index in [9.17, 15) is 0 Å². The molecule has 0 aliphatic carbocycles. The molecule has 0 aliphatic rings. The summed E-state index contributed by atoms with van der Waals surface area (Å²) in [5.74, 6) is 4.64. The Morgan fingerprint density at radius 2 is 2.00 bits per heavy atom. The second-order valence-corrected chi connectivity index (χ2v) is 2.53. The highest BCUT2D eigenvalue weighted by atomic mass is 32.2. The summed E-state index contributed by atoms with van der Waals surface area (Å²) in [7, 11) is 0. The topological polar surface area (TPSA) is 70.5 Å². The van der Waals surface area contributed by atoms with E-state index in [0.717, 1.165) is 16.9 Å². The maximum Gasteiger partial charge on any atom is 0.0724 e. The average Bonchev–Trinajstić information content (AvgIpc) is 2.03. The van der Waals surface area contributed by atoms with E-state index in [0.29, 0.717) is 5.69 Å². The number of nitrogen functional groups attached to an aromatic ring is 1. The van der Waals surface area contributed by atoms with Gasteiger partial charge in [0.05, 0.1) is 16.9 Å². The Kier molecular flexibility index (Phi) is 3.18. The van der Waals surface area contributed by atoms with Crippen molar-refractivity contribution in [1.82, 2.24) is 0 Å². The third-order valence-corrected chi connectivity index (χ3v) is 1.78. The van der Waals surface area contributed by atoms with Crippen LogP contribution in [0, 0.1) is 0 Å². The quantitative estimate of drug-likeness (QED) is 0.309. The van der Waals surface area contributed by atoms with Crippen LogP contribution in [0.4, 0.5) is 5.69 Å². The second kappa shape index (κ2) is 4.20. The van der Waals surface area contributed by atoms with Gasteiger partial charge < -0.3 is 5.73 Å². The molecule has 0 saturated heterocycles. The van der Waals surface area contributed by atoms with Crippen molar-refractivity contribution in [2.75, 3.05) is 5.73 Å². The van der Waals surface area contributed by atoms with Crippen LogP contribution in [-0.4, -0.2) is 0 Å². The molecule has 0 amide bonds. The monoisotopic (exact) mass is 172 g/mol. The van der Waals surface area contributed by atoms with Gasteiger partial charge in [-0.3, -0.25) is 0 Å². The summed E-state index contributed by atoms with van der Waals surface area (Å²) < 4.78 is 4.41. The Morgan fingerprint density at radius 1 is 1.27 bits per heavy atom. The van der Waals surface area contributed by atoms with E-state index >= 15 is 0 Å². The third-order valence-electron chi connectivity index (χ3n) is 1.08. The third kappa shape index (κ3) is 2.39. The smallest absolute Gasteiger partial charge is 0.0724 e. The Labute approximate surface area is 68.6 Å². The molecule has 4 N–H and O–H groups in total. The minimum absolute atomic E-state index is 0.634. The molecular formula is C6H8N2O2S. The van der Waals surface area contributed by atoms with Gasteiger partial charge >= 0.3 is 0 Å². The molecule has 60 valence electrons. The summed E-state index contributed by atoms with van der Waals surface area (Å²) in [6, 6.07) is 7.25. The van der Waals surface area contributed by atoms with Gasteiger partial charge in [0.1, 0.15) is 0 Å². The van der Waals surface area contributed by atoms with Crippen LogP contribution in [-0.2, 0) is 9.32 Å². The fraction of sp³-hybridized carbons (Fsp3) is 0. The zero-order valence-electron chi connectivity index (χ0n) is 5.69. The van der Waals surface area contributed by atoms with Crippen molar-refractivity contribution >= 4 is 17.7 Å². The van der Waals surface area contributed by atoms with Crippen LogP contribution in [0.25, 0.3) is 0 Å². The molecule has 0 atom stereocenters. The number of para-hydroxylation sites is 1. The Hall–Kier alpha value is -0.750. The van der Waals surface area contributed by atoms with Crippen molar-refractivity contribution in [3.63, 3.8) is 0 Å². The highest BCUT2D eigenvalue weighted by Gasteiger charge is 1.97. The maximum absolute atomic E-state index is 5.56. The van der Waals surface area contributed by atoms with Gasteiger partial charge in [0.2, 0.25) is 0 Å². The van der Waals surface area contributed by atoms with Gasteiger partial charge in [0.15, 0.2) is 0 Å². The molecule has 0 saturated carbocycles. The van der Waals surface area contributed by atoms with E-state index in [1.54, 1.807) is 12.1 Å². The predicted octanol–water partition coefficient (Wildman–Crippen LogP) is 1.10. The van der Waals surface area contributed by atoms with Crippen molar-refractivity contribution in [1.29, 1.82) is 0 Å². The average molecular weight is 172 g/mol. The molecule has 0 heterocycles. The van der Waals surface area contributed by atoms with Gasteiger partial charge in [-0.15, -0.1) is 9.32 Å². The molecule has 1 aromatic rings. The summed E-state index contributed by atoms with van der Waals surface area (Å²) in [5.41, 5.74) is 6.20. The summed E-state index contributed by atoms with van der Waals surface area (Å²) in [5, 5.41) is 0. The fourth-order valence-corrected chi connectivity index (χ4v) is 1.02. The number of nitrogens with two attached hydrogens (primary N) is 2. The number of hydrogen-bond acceptors (Lipinski definition) is 5. The molecule has 0 bridgehead atoms. The zero-order chi connectivity index (χ0) is 8.10. The highest BCUT2D eigenvalue weighted by molar-refractivity contribution is 7.94. The molecule has 0 radical (unpaired) electrons. The summed E-state index contributed by atoms with van der Waals surface area (Å²) in [6.45, 7) is 0. The van der Waals surface area contributed by atoms with E-state index in [4.69, 9.17) is 5.73 Å². The van der Waals surface area contributed by atoms with E-state index in [1.165, 1.54) is 0 Å². The van der Waals surface area contributed by atoms with Gasteiger partial charge in [-0.1, -0.05) is 12.1 Å². The first-order chi connectivity index (χ1) is 5.34. The molecule has 0 unspecified atom stereocenters. The molecule has 1 aromatic carbocycles. The molecule has 0 aliphatic heterocycles. The molecule has 11 heavy (non-hydrogen) atoms. The van der Waals surface area contributed by atoms with Crippen LogP contribution in [0.2, 0.25) is 0 Å². The lowest BCUT2D eigenvalue weighted by Gasteiger charge is -2.00. The summed E-state index contributed by atoms with van der Waals surface area (Å²) in [4.78, 5) is 4.68. The SMILES string of the molecule is NOOSc1ccccc1N. The second-order valence-electron chi connectivity index (χ2n) is 1.79. The van der Waals surface area contributed by atoms with Crippen LogP contribution < -0.4 is 11.6 Å². The van der Waals surface area contributed by atoms with E-state index in [1.807, 2.05) is 12.1 Å². The number of rotatable bonds is 3. The van der Waals surface area contributed by atoms with Gasteiger partial charge in [0.25, 0.3) is 0 Å². The maximum atomic E-state index is 5.56. The number of anilines is 1. The van der Waals surface area contributed by atoms with Crippen molar-refractivity contribution in [2.24, 2.45) is 5.90 Å². The first-order valence-electron chi connectivity index (χ1n) is 2.89. The van der Waals surface area contributed by atoms with E-state index in [2.05, 4.69) is 15.2 Å². The van der Waals surface area contributed by atoms with Crippen molar-refractivity contribution < 1.29 is 9.32 Å². The van der Waals surface area contributed by atoms with Crippen LogP contribution in [0.3, 0.4) is 0 Å². The Morgan fingerprint density at radius 3 is 2.64 bits per heavy atom. The predicted molar refractivity (Wildman–Crippen MR) is 43.1 cm³/mol. The van der Waals surface area contributed by atoms with Crippen LogP contribution in [0.15, 0.2) is 29.2 Å². The fourth-order valence-electron chi connectivity index (χ4n) is 0.613.